The molecule has 3 aromatic rings. The second kappa shape index (κ2) is 12.2. The molecule has 1 amide bonds. The predicted octanol–water partition coefficient (Wildman–Crippen LogP) is 5.99. The second-order valence-corrected chi connectivity index (χ2v) is 14.6. The van der Waals surface area contributed by atoms with Gasteiger partial charge in [0, 0.05) is 18.3 Å². The number of hydrogen-bond acceptors (Lipinski definition) is 8. The first kappa shape index (κ1) is 30.3. The molecular formula is C30H38ClN5O5S. The van der Waals surface area contributed by atoms with Crippen LogP contribution < -0.4 is 14.2 Å². The summed E-state index contributed by atoms with van der Waals surface area (Å²) in [6, 6.07) is 7.47. The largest absolute Gasteiger partial charge is 0.478 e. The molecule has 0 spiro atoms. The van der Waals surface area contributed by atoms with Crippen molar-refractivity contribution in [1.82, 2.24) is 24.5 Å². The second-order valence-electron chi connectivity index (χ2n) is 12.5. The van der Waals surface area contributed by atoms with E-state index < -0.39 is 15.9 Å². The molecule has 226 valence electrons. The van der Waals surface area contributed by atoms with Gasteiger partial charge in [-0.2, -0.15) is 0 Å². The number of hydrogen-bond donors (Lipinski definition) is 1. The molecule has 0 aliphatic heterocycles. The third-order valence-corrected chi connectivity index (χ3v) is 9.87. The summed E-state index contributed by atoms with van der Waals surface area (Å²) >= 11 is 6.27. The van der Waals surface area contributed by atoms with E-state index in [4.69, 9.17) is 21.1 Å². The van der Waals surface area contributed by atoms with Gasteiger partial charge in [0.25, 0.3) is 15.9 Å². The molecule has 42 heavy (non-hydrogen) atoms. The smallest absolute Gasteiger partial charge is 0.268 e. The summed E-state index contributed by atoms with van der Waals surface area (Å²) in [5.41, 5.74) is 0.730. The Hall–Kier alpha value is -3.18. The van der Waals surface area contributed by atoms with Crippen LogP contribution in [0.1, 0.15) is 82.5 Å². The average molecular weight is 616 g/mol. The van der Waals surface area contributed by atoms with Crippen LogP contribution in [0.4, 0.5) is 0 Å². The number of halogens is 1. The Bertz CT molecular complexity index is 1520. The highest BCUT2D eigenvalue weighted by atomic mass is 35.5. The lowest BCUT2D eigenvalue weighted by Gasteiger charge is -2.17. The minimum absolute atomic E-state index is 0.0936. The molecular weight excluding hydrogens is 578 g/mol. The van der Waals surface area contributed by atoms with Crippen LogP contribution >= 0.6 is 11.6 Å². The Morgan fingerprint density at radius 2 is 1.86 bits per heavy atom. The van der Waals surface area contributed by atoms with Crippen molar-refractivity contribution in [2.75, 3.05) is 13.2 Å². The van der Waals surface area contributed by atoms with Crippen molar-refractivity contribution < 1.29 is 22.7 Å². The minimum atomic E-state index is -4.20. The summed E-state index contributed by atoms with van der Waals surface area (Å²) in [5.74, 6) is 0.973. The topological polar surface area (TPSA) is 125 Å². The summed E-state index contributed by atoms with van der Waals surface area (Å²) in [7, 11) is -4.20. The number of carbonyl (C=O) groups excluding carboxylic acids is 1. The predicted molar refractivity (Wildman–Crippen MR) is 159 cm³/mol. The molecule has 0 saturated heterocycles. The first-order valence-electron chi connectivity index (χ1n) is 14.4. The fourth-order valence-electron chi connectivity index (χ4n) is 5.32. The van der Waals surface area contributed by atoms with Crippen molar-refractivity contribution in [2.45, 2.75) is 77.0 Å². The van der Waals surface area contributed by atoms with Gasteiger partial charge in [0.05, 0.1) is 25.0 Å². The van der Waals surface area contributed by atoms with Crippen molar-refractivity contribution in [3.63, 3.8) is 0 Å². The van der Waals surface area contributed by atoms with E-state index in [0.717, 1.165) is 31.4 Å². The van der Waals surface area contributed by atoms with Gasteiger partial charge in [-0.15, -0.1) is 5.10 Å². The number of ether oxygens (including phenoxy) is 2. The molecule has 2 saturated carbocycles. The number of pyridine rings is 2. The van der Waals surface area contributed by atoms with Crippen LogP contribution in [0, 0.1) is 16.7 Å². The van der Waals surface area contributed by atoms with Gasteiger partial charge in [0.15, 0.2) is 5.82 Å². The first-order valence-corrected chi connectivity index (χ1v) is 16.3. The molecule has 2 aliphatic rings. The molecule has 1 unspecified atom stereocenters. The van der Waals surface area contributed by atoms with Crippen LogP contribution in [-0.4, -0.2) is 47.3 Å². The zero-order valence-electron chi connectivity index (χ0n) is 24.3. The molecule has 10 nitrogen and oxygen atoms in total. The summed E-state index contributed by atoms with van der Waals surface area (Å²) in [5, 5.41) is 4.18. The van der Waals surface area contributed by atoms with Gasteiger partial charge in [-0.25, -0.2) is 27.8 Å². The standard InChI is InChI=1S/C30H38ClN5O5S/c1-29(2)12-10-21(19-29)5-4-17-40-25-9-6-22(20-32-25)42(38,39)35-28(37)23-7-8-24(33-27(23)31)36-16-11-26(34-36)41-18-15-30(3)13-14-30/h6-9,11,16,20-21H,4-5,10,12-15,17-19H2,1-3H3,(H,35,37). The van der Waals surface area contributed by atoms with Crippen LogP contribution in [0.2, 0.25) is 5.15 Å². The zero-order valence-corrected chi connectivity index (χ0v) is 25.9. The number of nitrogens with one attached hydrogen (secondary N) is 1. The maximum Gasteiger partial charge on any atom is 0.268 e. The quantitative estimate of drug-likeness (QED) is 0.184. The summed E-state index contributed by atoms with van der Waals surface area (Å²) < 4.78 is 40.6. The Balaban J connectivity index is 1.12. The van der Waals surface area contributed by atoms with Crippen molar-refractivity contribution in [2.24, 2.45) is 16.7 Å². The van der Waals surface area contributed by atoms with Crippen molar-refractivity contribution >= 4 is 27.5 Å². The van der Waals surface area contributed by atoms with Gasteiger partial charge < -0.3 is 9.47 Å². The normalized spacial score (nSPS) is 18.9. The molecule has 0 bridgehead atoms. The number of amides is 1. The molecule has 3 aromatic heterocycles. The van der Waals surface area contributed by atoms with E-state index >= 15 is 0 Å². The van der Waals surface area contributed by atoms with E-state index in [1.54, 1.807) is 12.3 Å². The van der Waals surface area contributed by atoms with Crippen LogP contribution in [-0.2, 0) is 10.0 Å². The van der Waals surface area contributed by atoms with Crippen molar-refractivity contribution in [3.8, 4) is 17.6 Å². The average Bonchev–Trinajstić information content (AvgIpc) is 3.31. The van der Waals surface area contributed by atoms with Crippen molar-refractivity contribution in [1.29, 1.82) is 0 Å². The van der Waals surface area contributed by atoms with E-state index in [9.17, 15) is 13.2 Å². The Labute approximate surface area is 252 Å². The maximum atomic E-state index is 12.8. The number of sulfonamides is 1. The highest BCUT2D eigenvalue weighted by molar-refractivity contribution is 7.90. The van der Waals surface area contributed by atoms with Crippen molar-refractivity contribution in [3.05, 3.63) is 53.4 Å². The molecule has 1 N–H and O–H groups in total. The lowest BCUT2D eigenvalue weighted by Crippen LogP contribution is -2.31. The van der Waals surface area contributed by atoms with Gasteiger partial charge in [-0.1, -0.05) is 32.4 Å². The molecule has 12 heteroatoms. The summed E-state index contributed by atoms with van der Waals surface area (Å²) in [4.78, 5) is 20.9. The van der Waals surface area contributed by atoms with E-state index in [1.165, 1.54) is 61.1 Å². The van der Waals surface area contributed by atoms with Gasteiger partial charge in [0.1, 0.15) is 10.0 Å². The summed E-state index contributed by atoms with van der Waals surface area (Å²) in [6.45, 7) is 7.97. The Kier molecular flexibility index (Phi) is 8.80. The van der Waals surface area contributed by atoms with Gasteiger partial charge in [-0.05, 0) is 86.3 Å². The third kappa shape index (κ3) is 7.80. The first-order chi connectivity index (χ1) is 19.9. The van der Waals surface area contributed by atoms with Gasteiger partial charge in [-0.3, -0.25) is 4.79 Å². The lowest BCUT2D eigenvalue weighted by molar-refractivity contribution is 0.0981. The molecule has 2 fully saturated rings. The zero-order chi connectivity index (χ0) is 30.0. The van der Waals surface area contributed by atoms with Crippen LogP contribution in [0.15, 0.2) is 47.6 Å². The van der Waals surface area contributed by atoms with E-state index in [-0.39, 0.29) is 15.6 Å². The van der Waals surface area contributed by atoms with E-state index in [1.807, 2.05) is 4.72 Å². The van der Waals surface area contributed by atoms with Crippen LogP contribution in [0.3, 0.4) is 0 Å². The molecule has 0 aromatic carbocycles. The van der Waals surface area contributed by atoms with E-state index in [2.05, 4.69) is 35.8 Å². The molecule has 5 rings (SSSR count). The number of rotatable bonds is 13. The summed E-state index contributed by atoms with van der Waals surface area (Å²) in [6.07, 6.45) is 12.1. The highest BCUT2D eigenvalue weighted by Crippen LogP contribution is 2.48. The Morgan fingerprint density at radius 1 is 1.07 bits per heavy atom. The third-order valence-electron chi connectivity index (χ3n) is 8.26. The Morgan fingerprint density at radius 3 is 2.52 bits per heavy atom. The fraction of sp³-hybridized carbons (Fsp3) is 0.533. The molecule has 3 heterocycles. The SMILES string of the molecule is CC1(C)CCC(CCCOc2ccc(S(=O)(=O)NC(=O)c3ccc(-n4ccc(OCCC5(C)CC5)n4)nc3Cl)cn2)C1. The van der Waals surface area contributed by atoms with Gasteiger partial charge >= 0.3 is 0 Å². The molecule has 2 aliphatic carbocycles. The maximum absolute atomic E-state index is 12.8. The van der Waals surface area contributed by atoms with Gasteiger partial charge in [0.2, 0.25) is 11.8 Å². The number of nitrogens with zero attached hydrogens (tertiary/aromatic N) is 4. The fourth-order valence-corrected chi connectivity index (χ4v) is 6.47. The molecule has 1 atom stereocenters. The minimum Gasteiger partial charge on any atom is -0.478 e. The van der Waals surface area contributed by atoms with Crippen LogP contribution in [0.25, 0.3) is 5.82 Å². The monoisotopic (exact) mass is 615 g/mol. The van der Waals surface area contributed by atoms with E-state index in [0.29, 0.717) is 41.6 Å². The highest BCUT2D eigenvalue weighted by Gasteiger charge is 2.36. The van der Waals surface area contributed by atoms with Crippen LogP contribution in [0.5, 0.6) is 11.8 Å². The molecule has 0 radical (unpaired) electrons. The lowest BCUT2D eigenvalue weighted by atomic mass is 9.89. The number of aromatic nitrogens is 4. The number of carbonyl (C=O) groups is 1.